The zero-order chi connectivity index (χ0) is 12.7. The Morgan fingerprint density at radius 2 is 1.94 bits per heavy atom. The van der Waals surface area contributed by atoms with E-state index < -0.39 is 26.4 Å². The summed E-state index contributed by atoms with van der Waals surface area (Å²) < 4.78 is 37.6. The molecule has 1 fully saturated rings. The normalized spacial score (nSPS) is 20.6. The second kappa shape index (κ2) is 4.07. The van der Waals surface area contributed by atoms with Crippen LogP contribution in [0.5, 0.6) is 0 Å². The summed E-state index contributed by atoms with van der Waals surface area (Å²) in [5.41, 5.74) is 5.80. The Bertz CT molecular complexity index is 521. The average Bonchev–Trinajstić information content (AvgIpc) is 2.14. The highest BCUT2D eigenvalue weighted by atomic mass is 32.2. The molecule has 0 aliphatic heterocycles. The monoisotopic (exact) mass is 257 g/mol. The Hall–Kier alpha value is -0.940. The van der Waals surface area contributed by atoms with E-state index in [4.69, 9.17) is 5.73 Å². The molecule has 2 N–H and O–H groups in total. The molecule has 5 heteroatoms. The van der Waals surface area contributed by atoms with Gasteiger partial charge in [0.2, 0.25) is 0 Å². The van der Waals surface area contributed by atoms with Gasteiger partial charge >= 0.3 is 0 Å². The molecule has 17 heavy (non-hydrogen) atoms. The number of nitrogens with two attached hydrogens (primary N) is 1. The van der Waals surface area contributed by atoms with E-state index in [0.29, 0.717) is 12.8 Å². The van der Waals surface area contributed by atoms with Gasteiger partial charge in [0, 0.05) is 6.04 Å². The summed E-state index contributed by atoms with van der Waals surface area (Å²) in [6.07, 6.45) is 1.86. The Balaban J connectivity index is 2.54. The minimum atomic E-state index is -3.69. The van der Waals surface area contributed by atoms with Crippen LogP contribution in [-0.2, 0) is 9.84 Å². The lowest BCUT2D eigenvalue weighted by Crippen LogP contribution is -2.57. The third-order valence-corrected chi connectivity index (χ3v) is 6.45. The van der Waals surface area contributed by atoms with E-state index >= 15 is 0 Å². The SMILES string of the molecule is CC(N)C1(S(=O)(=O)c2ccccc2F)CCC1. The first-order valence-electron chi connectivity index (χ1n) is 5.66. The Labute approximate surface area is 101 Å². The van der Waals surface area contributed by atoms with E-state index in [-0.39, 0.29) is 4.90 Å². The predicted molar refractivity (Wildman–Crippen MR) is 63.8 cm³/mol. The molecule has 0 bridgehead atoms. The minimum absolute atomic E-state index is 0.225. The van der Waals surface area contributed by atoms with Gasteiger partial charge < -0.3 is 5.73 Å². The average molecular weight is 257 g/mol. The number of halogens is 1. The van der Waals surface area contributed by atoms with Crippen molar-refractivity contribution >= 4 is 9.84 Å². The van der Waals surface area contributed by atoms with Gasteiger partial charge in [-0.15, -0.1) is 0 Å². The molecular formula is C12H16FNO2S. The topological polar surface area (TPSA) is 60.2 Å². The van der Waals surface area contributed by atoms with E-state index in [0.717, 1.165) is 6.42 Å². The van der Waals surface area contributed by atoms with Crippen molar-refractivity contribution in [2.24, 2.45) is 5.73 Å². The molecule has 94 valence electrons. The summed E-state index contributed by atoms with van der Waals surface area (Å²) in [7, 11) is -3.69. The van der Waals surface area contributed by atoms with Gasteiger partial charge in [-0.05, 0) is 31.9 Å². The number of hydrogen-bond acceptors (Lipinski definition) is 3. The van der Waals surface area contributed by atoms with E-state index in [1.54, 1.807) is 6.92 Å². The molecule has 1 aromatic carbocycles. The molecule has 0 saturated heterocycles. The van der Waals surface area contributed by atoms with Crippen molar-refractivity contribution in [2.75, 3.05) is 0 Å². The maximum atomic E-state index is 13.6. The van der Waals surface area contributed by atoms with Crippen LogP contribution in [0.15, 0.2) is 29.2 Å². The van der Waals surface area contributed by atoms with Gasteiger partial charge in [0.1, 0.15) is 10.7 Å². The van der Waals surface area contributed by atoms with Crippen molar-refractivity contribution in [1.82, 2.24) is 0 Å². The molecule has 1 saturated carbocycles. The lowest BCUT2D eigenvalue weighted by molar-refractivity contribution is 0.295. The summed E-state index contributed by atoms with van der Waals surface area (Å²) in [6, 6.07) is 5.01. The molecule has 1 aliphatic rings. The molecule has 0 amide bonds. The van der Waals surface area contributed by atoms with E-state index in [1.807, 2.05) is 0 Å². The molecule has 1 atom stereocenters. The fraction of sp³-hybridized carbons (Fsp3) is 0.500. The summed E-state index contributed by atoms with van der Waals surface area (Å²) in [4.78, 5) is -0.225. The van der Waals surface area contributed by atoms with Crippen LogP contribution in [0.3, 0.4) is 0 Å². The maximum Gasteiger partial charge on any atom is 0.188 e. The number of sulfone groups is 1. The molecule has 0 heterocycles. The predicted octanol–water partition coefficient (Wildman–Crippen LogP) is 1.87. The van der Waals surface area contributed by atoms with Gasteiger partial charge in [0.05, 0.1) is 4.75 Å². The highest BCUT2D eigenvalue weighted by Gasteiger charge is 2.52. The van der Waals surface area contributed by atoms with Gasteiger partial charge in [0.25, 0.3) is 0 Å². The fourth-order valence-corrected chi connectivity index (χ4v) is 4.71. The van der Waals surface area contributed by atoms with Gasteiger partial charge in [-0.1, -0.05) is 18.6 Å². The lowest BCUT2D eigenvalue weighted by Gasteiger charge is -2.44. The third kappa shape index (κ3) is 1.68. The van der Waals surface area contributed by atoms with Gasteiger partial charge in [-0.25, -0.2) is 12.8 Å². The van der Waals surface area contributed by atoms with Crippen LogP contribution in [0.25, 0.3) is 0 Å². The van der Waals surface area contributed by atoms with Crippen LogP contribution in [0.4, 0.5) is 4.39 Å². The summed E-state index contributed by atoms with van der Waals surface area (Å²) in [5, 5.41) is 0. The summed E-state index contributed by atoms with van der Waals surface area (Å²) >= 11 is 0. The van der Waals surface area contributed by atoms with Crippen LogP contribution in [0, 0.1) is 5.82 Å². The Morgan fingerprint density at radius 3 is 2.35 bits per heavy atom. The van der Waals surface area contributed by atoms with Crippen molar-refractivity contribution in [1.29, 1.82) is 0 Å². The second-order valence-electron chi connectivity index (χ2n) is 4.64. The zero-order valence-electron chi connectivity index (χ0n) is 9.69. The zero-order valence-corrected chi connectivity index (χ0v) is 10.5. The van der Waals surface area contributed by atoms with E-state index in [1.165, 1.54) is 24.3 Å². The minimum Gasteiger partial charge on any atom is -0.327 e. The summed E-state index contributed by atoms with van der Waals surface area (Å²) in [6.45, 7) is 1.68. The standard InChI is InChI=1S/C12H16FNO2S/c1-9(14)12(7-4-8-12)17(15,16)11-6-3-2-5-10(11)13/h2-3,5-6,9H,4,7-8,14H2,1H3. The molecule has 1 unspecified atom stereocenters. The quantitative estimate of drug-likeness (QED) is 0.899. The van der Waals surface area contributed by atoms with E-state index in [9.17, 15) is 12.8 Å². The van der Waals surface area contributed by atoms with Crippen LogP contribution in [0.2, 0.25) is 0 Å². The number of rotatable bonds is 3. The van der Waals surface area contributed by atoms with Crippen LogP contribution in [-0.4, -0.2) is 19.2 Å². The number of benzene rings is 1. The van der Waals surface area contributed by atoms with E-state index in [2.05, 4.69) is 0 Å². The molecule has 0 spiro atoms. The number of hydrogen-bond donors (Lipinski definition) is 1. The lowest BCUT2D eigenvalue weighted by atomic mass is 9.79. The van der Waals surface area contributed by atoms with Crippen molar-refractivity contribution in [2.45, 2.75) is 41.9 Å². The van der Waals surface area contributed by atoms with Gasteiger partial charge in [0.15, 0.2) is 9.84 Å². The van der Waals surface area contributed by atoms with Gasteiger partial charge in [-0.3, -0.25) is 0 Å². The summed E-state index contributed by atoms with van der Waals surface area (Å²) in [5.74, 6) is -0.695. The first kappa shape index (κ1) is 12.5. The molecule has 0 radical (unpaired) electrons. The molecular weight excluding hydrogens is 241 g/mol. The second-order valence-corrected chi connectivity index (χ2v) is 6.90. The molecule has 2 rings (SSSR count). The van der Waals surface area contributed by atoms with Crippen molar-refractivity contribution in [3.8, 4) is 0 Å². The highest BCUT2D eigenvalue weighted by molar-refractivity contribution is 7.93. The highest BCUT2D eigenvalue weighted by Crippen LogP contribution is 2.45. The molecule has 1 aromatic rings. The molecule has 1 aliphatic carbocycles. The van der Waals surface area contributed by atoms with Crippen molar-refractivity contribution in [3.05, 3.63) is 30.1 Å². The molecule has 0 aromatic heterocycles. The van der Waals surface area contributed by atoms with Crippen LogP contribution >= 0.6 is 0 Å². The van der Waals surface area contributed by atoms with Gasteiger partial charge in [-0.2, -0.15) is 0 Å². The first-order chi connectivity index (χ1) is 7.92. The largest absolute Gasteiger partial charge is 0.327 e. The van der Waals surface area contributed by atoms with Crippen LogP contribution < -0.4 is 5.73 Å². The van der Waals surface area contributed by atoms with Crippen molar-refractivity contribution < 1.29 is 12.8 Å². The third-order valence-electron chi connectivity index (χ3n) is 3.69. The fourth-order valence-electron chi connectivity index (χ4n) is 2.38. The first-order valence-corrected chi connectivity index (χ1v) is 7.15. The maximum absolute atomic E-state index is 13.6. The Morgan fingerprint density at radius 1 is 1.35 bits per heavy atom. The smallest absolute Gasteiger partial charge is 0.188 e. The van der Waals surface area contributed by atoms with Crippen molar-refractivity contribution in [3.63, 3.8) is 0 Å². The van der Waals surface area contributed by atoms with Crippen LogP contribution in [0.1, 0.15) is 26.2 Å². The molecule has 3 nitrogen and oxygen atoms in total. The Kier molecular flexibility index (Phi) is 2.99.